The number of benzene rings is 1. The smallest absolute Gasteiger partial charge is 0.0349 e. The number of hydrogen-bond acceptors (Lipinski definition) is 1. The monoisotopic (exact) mass is 211 g/mol. The molecule has 0 bridgehead atoms. The van der Waals surface area contributed by atoms with Crippen molar-refractivity contribution < 1.29 is 0 Å². The third-order valence-electron chi connectivity index (χ3n) is 3.76. The van der Waals surface area contributed by atoms with Crippen molar-refractivity contribution in [2.45, 2.75) is 38.0 Å². The van der Waals surface area contributed by atoms with E-state index in [1.54, 1.807) is 0 Å². The van der Waals surface area contributed by atoms with Crippen molar-refractivity contribution in [1.29, 1.82) is 0 Å². The summed E-state index contributed by atoms with van der Waals surface area (Å²) >= 11 is 0. The molecule has 82 valence electrons. The lowest BCUT2D eigenvalue weighted by molar-refractivity contribution is 0.445. The Morgan fingerprint density at radius 3 is 2.75 bits per heavy atom. The molecule has 0 saturated heterocycles. The van der Waals surface area contributed by atoms with Crippen LogP contribution < -0.4 is 0 Å². The molecule has 1 heteroatoms. The van der Waals surface area contributed by atoms with E-state index in [4.69, 9.17) is 0 Å². The summed E-state index contributed by atoms with van der Waals surface area (Å²) in [5.41, 5.74) is 1.52. The van der Waals surface area contributed by atoms with Crippen molar-refractivity contribution in [2.24, 2.45) is 0 Å². The molecule has 0 amide bonds. The van der Waals surface area contributed by atoms with Crippen LogP contribution in [0, 0.1) is 0 Å². The minimum Gasteiger partial charge on any atom is -0.264 e. The van der Waals surface area contributed by atoms with Crippen LogP contribution in [0.15, 0.2) is 36.7 Å². The second kappa shape index (κ2) is 4.25. The Hall–Kier alpha value is -1.37. The Kier molecular flexibility index (Phi) is 2.61. The van der Waals surface area contributed by atoms with E-state index in [2.05, 4.69) is 29.2 Å². The number of rotatable bonds is 1. The zero-order valence-electron chi connectivity index (χ0n) is 9.52. The summed E-state index contributed by atoms with van der Waals surface area (Å²) in [6.07, 6.45) is 10.8. The highest BCUT2D eigenvalue weighted by Gasteiger charge is 2.17. The van der Waals surface area contributed by atoms with E-state index >= 15 is 0 Å². The number of pyridine rings is 1. The lowest BCUT2D eigenvalue weighted by Gasteiger charge is -2.23. The first kappa shape index (κ1) is 9.83. The highest BCUT2D eigenvalue weighted by Crippen LogP contribution is 2.35. The molecule has 1 aromatic carbocycles. The van der Waals surface area contributed by atoms with Crippen molar-refractivity contribution in [1.82, 2.24) is 4.98 Å². The first-order chi connectivity index (χ1) is 7.95. The van der Waals surface area contributed by atoms with Gasteiger partial charge in [-0.25, -0.2) is 0 Å². The molecule has 16 heavy (non-hydrogen) atoms. The lowest BCUT2D eigenvalue weighted by atomic mass is 9.82. The molecule has 0 radical (unpaired) electrons. The van der Waals surface area contributed by atoms with E-state index in [-0.39, 0.29) is 0 Å². The van der Waals surface area contributed by atoms with Gasteiger partial charge in [0.25, 0.3) is 0 Å². The summed E-state index contributed by atoms with van der Waals surface area (Å²) in [4.78, 5) is 4.27. The Labute approximate surface area is 96.5 Å². The van der Waals surface area contributed by atoms with Crippen LogP contribution in [0.4, 0.5) is 0 Å². The molecule has 0 N–H and O–H groups in total. The first-order valence-electron chi connectivity index (χ1n) is 6.28. The second-order valence-electron chi connectivity index (χ2n) is 4.78. The van der Waals surface area contributed by atoms with Crippen molar-refractivity contribution in [3.05, 3.63) is 42.2 Å². The molecule has 0 aliphatic heterocycles. The molecule has 1 aliphatic carbocycles. The molecular formula is C15H17N. The van der Waals surface area contributed by atoms with Gasteiger partial charge in [-0.3, -0.25) is 4.98 Å². The van der Waals surface area contributed by atoms with E-state index < -0.39 is 0 Å². The van der Waals surface area contributed by atoms with Gasteiger partial charge < -0.3 is 0 Å². The summed E-state index contributed by atoms with van der Waals surface area (Å²) in [5.74, 6) is 0.765. The fourth-order valence-corrected chi connectivity index (χ4v) is 2.91. The predicted molar refractivity (Wildman–Crippen MR) is 67.6 cm³/mol. The lowest BCUT2D eigenvalue weighted by Crippen LogP contribution is -2.04. The Morgan fingerprint density at radius 2 is 1.88 bits per heavy atom. The second-order valence-corrected chi connectivity index (χ2v) is 4.78. The van der Waals surface area contributed by atoms with E-state index in [1.807, 2.05) is 12.4 Å². The van der Waals surface area contributed by atoms with Crippen LogP contribution in [-0.2, 0) is 0 Å². The maximum Gasteiger partial charge on any atom is 0.0349 e. The minimum absolute atomic E-state index is 0.765. The van der Waals surface area contributed by atoms with Gasteiger partial charge in [-0.2, -0.15) is 0 Å². The summed E-state index contributed by atoms with van der Waals surface area (Å²) in [5, 5.41) is 2.69. The normalized spacial score (nSPS) is 17.8. The molecular weight excluding hydrogens is 194 g/mol. The number of nitrogens with zero attached hydrogens (tertiary/aromatic N) is 1. The highest BCUT2D eigenvalue weighted by atomic mass is 14.6. The van der Waals surface area contributed by atoms with Gasteiger partial charge in [-0.05, 0) is 35.8 Å². The average molecular weight is 211 g/mol. The first-order valence-corrected chi connectivity index (χ1v) is 6.28. The Morgan fingerprint density at radius 1 is 1.00 bits per heavy atom. The molecule has 1 saturated carbocycles. The molecule has 1 fully saturated rings. The SMILES string of the molecule is c1cc(C2CCCCC2)c2cnccc2c1. The van der Waals surface area contributed by atoms with Crippen LogP contribution in [0.1, 0.15) is 43.6 Å². The molecule has 1 heterocycles. The van der Waals surface area contributed by atoms with Crippen molar-refractivity contribution in [2.75, 3.05) is 0 Å². The Balaban J connectivity index is 2.08. The fourth-order valence-electron chi connectivity index (χ4n) is 2.91. The number of hydrogen-bond donors (Lipinski definition) is 0. The minimum atomic E-state index is 0.765. The van der Waals surface area contributed by atoms with Gasteiger partial charge in [0.2, 0.25) is 0 Å². The van der Waals surface area contributed by atoms with Crippen LogP contribution in [0.2, 0.25) is 0 Å². The maximum absolute atomic E-state index is 4.27. The van der Waals surface area contributed by atoms with Crippen LogP contribution in [-0.4, -0.2) is 4.98 Å². The van der Waals surface area contributed by atoms with Crippen molar-refractivity contribution in [3.63, 3.8) is 0 Å². The molecule has 0 unspecified atom stereocenters. The van der Waals surface area contributed by atoms with Crippen molar-refractivity contribution in [3.8, 4) is 0 Å². The molecule has 0 spiro atoms. The van der Waals surface area contributed by atoms with Gasteiger partial charge in [0, 0.05) is 17.8 Å². The number of aromatic nitrogens is 1. The van der Waals surface area contributed by atoms with Crippen LogP contribution >= 0.6 is 0 Å². The average Bonchev–Trinajstić information content (AvgIpc) is 2.39. The van der Waals surface area contributed by atoms with Crippen LogP contribution in [0.25, 0.3) is 10.8 Å². The topological polar surface area (TPSA) is 12.9 Å². The predicted octanol–water partition coefficient (Wildman–Crippen LogP) is 4.28. The third kappa shape index (κ3) is 1.71. The zero-order valence-corrected chi connectivity index (χ0v) is 9.52. The summed E-state index contributed by atoms with van der Waals surface area (Å²) < 4.78 is 0. The maximum atomic E-state index is 4.27. The molecule has 1 aromatic heterocycles. The van der Waals surface area contributed by atoms with Gasteiger partial charge in [0.15, 0.2) is 0 Å². The third-order valence-corrected chi connectivity index (χ3v) is 3.76. The van der Waals surface area contributed by atoms with Gasteiger partial charge in [0.05, 0.1) is 0 Å². The van der Waals surface area contributed by atoms with Gasteiger partial charge >= 0.3 is 0 Å². The zero-order chi connectivity index (χ0) is 10.8. The summed E-state index contributed by atoms with van der Waals surface area (Å²) in [6, 6.07) is 8.78. The molecule has 3 rings (SSSR count). The van der Waals surface area contributed by atoms with E-state index in [9.17, 15) is 0 Å². The molecule has 0 atom stereocenters. The van der Waals surface area contributed by atoms with Gasteiger partial charge in [0.1, 0.15) is 0 Å². The summed E-state index contributed by atoms with van der Waals surface area (Å²) in [6.45, 7) is 0. The van der Waals surface area contributed by atoms with E-state index in [0.29, 0.717) is 0 Å². The highest BCUT2D eigenvalue weighted by molar-refractivity contribution is 5.85. The van der Waals surface area contributed by atoms with Gasteiger partial charge in [-0.15, -0.1) is 0 Å². The largest absolute Gasteiger partial charge is 0.264 e. The molecule has 1 aliphatic rings. The fraction of sp³-hybridized carbons (Fsp3) is 0.400. The van der Waals surface area contributed by atoms with E-state index in [1.165, 1.54) is 48.4 Å². The summed E-state index contributed by atoms with van der Waals surface area (Å²) in [7, 11) is 0. The van der Waals surface area contributed by atoms with Crippen molar-refractivity contribution >= 4 is 10.8 Å². The van der Waals surface area contributed by atoms with Crippen LogP contribution in [0.3, 0.4) is 0 Å². The molecule has 1 nitrogen and oxygen atoms in total. The molecule has 2 aromatic rings. The quantitative estimate of drug-likeness (QED) is 0.686. The standard InChI is InChI=1S/C15H17N/c1-2-5-12(6-3-1)14-8-4-7-13-9-10-16-11-15(13)14/h4,7-12H,1-3,5-6H2. The number of fused-ring (bicyclic) bond motifs is 1. The van der Waals surface area contributed by atoms with Gasteiger partial charge in [-0.1, -0.05) is 37.5 Å². The van der Waals surface area contributed by atoms with E-state index in [0.717, 1.165) is 5.92 Å². The van der Waals surface area contributed by atoms with Crippen LogP contribution in [0.5, 0.6) is 0 Å². The Bertz CT molecular complexity index is 478.